The molecule has 0 aliphatic carbocycles. The maximum Gasteiger partial charge on any atom is 0.308 e. The van der Waals surface area contributed by atoms with Crippen LogP contribution in [0.5, 0.6) is 0 Å². The van der Waals surface area contributed by atoms with E-state index in [1.165, 1.54) is 0 Å². The number of alkyl halides is 3. The summed E-state index contributed by atoms with van der Waals surface area (Å²) in [7, 11) is 0. The average Bonchev–Trinajstić information content (AvgIpc) is 2.79. The highest BCUT2D eigenvalue weighted by Crippen LogP contribution is 2.41. The van der Waals surface area contributed by atoms with Crippen molar-refractivity contribution in [2.24, 2.45) is 23.7 Å². The second-order valence-electron chi connectivity index (χ2n) is 9.94. The fraction of sp³-hybridized carbons (Fsp3) is 0.792. The number of thioether (sulfide) groups is 1. The second-order valence-corrected chi connectivity index (χ2v) is 13.6. The number of esters is 4. The maximum absolute atomic E-state index is 12.7. The number of halogens is 3. The molecule has 1 heterocycles. The van der Waals surface area contributed by atoms with Crippen LogP contribution in [0.1, 0.15) is 55.4 Å². The standard InChI is InChI=1S/C24H36Cl3NO9S/c1-10(2)18(29)33-9-14-15(34-19(30)11(3)4)16(35-20(31)12(5)6)17(36-21(32)13(7)8)22(38-14)37-23(28)24(25,26)27/h10-17,22,28H,9H2,1-8H3/t14-,15-,16+,17-,22+/m1/s1. The predicted molar refractivity (Wildman–Crippen MR) is 144 cm³/mol. The predicted octanol–water partition coefficient (Wildman–Crippen LogP) is 4.69. The van der Waals surface area contributed by atoms with Crippen molar-refractivity contribution in [3.8, 4) is 0 Å². The summed E-state index contributed by atoms with van der Waals surface area (Å²) in [5, 5.41) is 7.20. The van der Waals surface area contributed by atoms with Gasteiger partial charge in [-0.15, -0.1) is 11.8 Å². The molecular weight excluding hydrogens is 585 g/mol. The van der Waals surface area contributed by atoms with Gasteiger partial charge in [0, 0.05) is 0 Å². The summed E-state index contributed by atoms with van der Waals surface area (Å²) in [6, 6.07) is 0. The zero-order chi connectivity index (χ0) is 29.5. The van der Waals surface area contributed by atoms with Crippen molar-refractivity contribution in [3.05, 3.63) is 0 Å². The first kappa shape index (κ1) is 34.6. The van der Waals surface area contributed by atoms with Gasteiger partial charge in [-0.1, -0.05) is 90.2 Å². The SMILES string of the molecule is CC(C)C(=O)OC[C@H]1S[C@H](OC(=N)C(Cl)(Cl)Cl)[C@H](OC(=O)C(C)C)[C@@H](OC(=O)C(C)C)[C@@H]1OC(=O)C(C)C. The van der Waals surface area contributed by atoms with Crippen molar-refractivity contribution < 1.29 is 42.9 Å². The highest BCUT2D eigenvalue weighted by atomic mass is 35.6. The monoisotopic (exact) mass is 619 g/mol. The van der Waals surface area contributed by atoms with Crippen LogP contribution in [0.4, 0.5) is 0 Å². The largest absolute Gasteiger partial charge is 0.464 e. The van der Waals surface area contributed by atoms with Crippen LogP contribution in [0.3, 0.4) is 0 Å². The van der Waals surface area contributed by atoms with Crippen LogP contribution in [-0.2, 0) is 42.9 Å². The molecular formula is C24H36Cl3NO9S. The van der Waals surface area contributed by atoms with Gasteiger partial charge in [0.25, 0.3) is 3.79 Å². The summed E-state index contributed by atoms with van der Waals surface area (Å²) in [5.74, 6) is -5.45. The van der Waals surface area contributed by atoms with Gasteiger partial charge >= 0.3 is 23.9 Å². The van der Waals surface area contributed by atoms with Crippen LogP contribution < -0.4 is 0 Å². The van der Waals surface area contributed by atoms with Crippen LogP contribution in [-0.4, -0.2) is 69.2 Å². The first-order valence-corrected chi connectivity index (χ1v) is 14.2. The van der Waals surface area contributed by atoms with Crippen molar-refractivity contribution >= 4 is 76.3 Å². The lowest BCUT2D eigenvalue weighted by Gasteiger charge is -2.44. The Morgan fingerprint density at radius 3 is 1.47 bits per heavy atom. The van der Waals surface area contributed by atoms with Crippen molar-refractivity contribution in [1.29, 1.82) is 5.41 Å². The van der Waals surface area contributed by atoms with Crippen LogP contribution in [0, 0.1) is 29.1 Å². The fourth-order valence-electron chi connectivity index (χ4n) is 2.83. The molecule has 1 aliphatic rings. The molecule has 1 aliphatic heterocycles. The molecule has 1 fully saturated rings. The molecule has 0 aromatic heterocycles. The Bertz CT molecular complexity index is 877. The van der Waals surface area contributed by atoms with E-state index in [9.17, 15) is 19.2 Å². The summed E-state index contributed by atoms with van der Waals surface area (Å²) in [4.78, 5) is 50.4. The van der Waals surface area contributed by atoms with Crippen molar-refractivity contribution in [2.75, 3.05) is 6.61 Å². The van der Waals surface area contributed by atoms with E-state index in [4.69, 9.17) is 63.9 Å². The summed E-state index contributed by atoms with van der Waals surface area (Å²) in [5.41, 5.74) is -1.26. The zero-order valence-electron chi connectivity index (χ0n) is 22.6. The van der Waals surface area contributed by atoms with E-state index in [1.807, 2.05) is 0 Å². The molecule has 218 valence electrons. The van der Waals surface area contributed by atoms with E-state index in [-0.39, 0.29) is 6.61 Å². The van der Waals surface area contributed by atoms with E-state index < -0.39 is 86.2 Å². The Balaban J connectivity index is 3.63. The second kappa shape index (κ2) is 14.8. The highest BCUT2D eigenvalue weighted by Gasteiger charge is 2.54. The van der Waals surface area contributed by atoms with Gasteiger partial charge in [-0.25, -0.2) is 0 Å². The lowest BCUT2D eigenvalue weighted by atomic mass is 10.0. The molecule has 0 radical (unpaired) electrons. The van der Waals surface area contributed by atoms with Gasteiger partial charge in [-0.3, -0.25) is 24.6 Å². The number of ether oxygens (including phenoxy) is 5. The fourth-order valence-corrected chi connectivity index (χ4v) is 4.34. The van der Waals surface area contributed by atoms with Crippen molar-refractivity contribution in [2.45, 2.75) is 88.2 Å². The third kappa shape index (κ3) is 10.3. The Morgan fingerprint density at radius 2 is 1.08 bits per heavy atom. The topological polar surface area (TPSA) is 138 Å². The van der Waals surface area contributed by atoms with Gasteiger partial charge in [0.15, 0.2) is 23.7 Å². The molecule has 0 bridgehead atoms. The molecule has 5 atom stereocenters. The summed E-state index contributed by atoms with van der Waals surface area (Å²) >= 11 is 18.4. The van der Waals surface area contributed by atoms with Crippen molar-refractivity contribution in [3.63, 3.8) is 0 Å². The van der Waals surface area contributed by atoms with E-state index >= 15 is 0 Å². The van der Waals surface area contributed by atoms with E-state index in [1.54, 1.807) is 55.4 Å². The zero-order valence-corrected chi connectivity index (χ0v) is 25.7. The Hall–Kier alpha value is -1.43. The third-order valence-electron chi connectivity index (χ3n) is 5.11. The maximum atomic E-state index is 12.7. The lowest BCUT2D eigenvalue weighted by molar-refractivity contribution is -0.197. The number of carbonyl (C=O) groups excluding carboxylic acids is 4. The Morgan fingerprint density at radius 1 is 0.684 bits per heavy atom. The van der Waals surface area contributed by atoms with Gasteiger partial charge in [-0.2, -0.15) is 0 Å². The molecule has 38 heavy (non-hydrogen) atoms. The Kier molecular flexibility index (Phi) is 13.5. The van der Waals surface area contributed by atoms with E-state index in [2.05, 4.69) is 0 Å². The molecule has 1 rings (SSSR count). The lowest BCUT2D eigenvalue weighted by Crippen LogP contribution is -2.60. The highest BCUT2D eigenvalue weighted by molar-refractivity contribution is 8.00. The van der Waals surface area contributed by atoms with Gasteiger partial charge in [0.2, 0.25) is 5.90 Å². The van der Waals surface area contributed by atoms with Gasteiger partial charge in [-0.05, 0) is 0 Å². The van der Waals surface area contributed by atoms with Crippen LogP contribution >= 0.6 is 46.6 Å². The van der Waals surface area contributed by atoms with Gasteiger partial charge < -0.3 is 23.7 Å². The number of hydrogen-bond donors (Lipinski definition) is 1. The van der Waals surface area contributed by atoms with E-state index in [0.29, 0.717) is 0 Å². The minimum atomic E-state index is -2.25. The first-order valence-electron chi connectivity index (χ1n) is 12.1. The molecule has 0 spiro atoms. The smallest absolute Gasteiger partial charge is 0.308 e. The molecule has 14 heteroatoms. The Labute approximate surface area is 242 Å². The quantitative estimate of drug-likeness (QED) is 0.120. The molecule has 0 amide bonds. The number of nitrogens with one attached hydrogen (secondary N) is 1. The molecule has 0 aromatic carbocycles. The van der Waals surface area contributed by atoms with Crippen LogP contribution in [0.25, 0.3) is 0 Å². The molecule has 1 saturated heterocycles. The van der Waals surface area contributed by atoms with Crippen LogP contribution in [0.15, 0.2) is 0 Å². The van der Waals surface area contributed by atoms with Crippen LogP contribution in [0.2, 0.25) is 0 Å². The summed E-state index contributed by atoms with van der Waals surface area (Å²) in [6.45, 7) is 12.6. The number of hydrogen-bond acceptors (Lipinski definition) is 11. The first-order chi connectivity index (χ1) is 17.4. The minimum absolute atomic E-state index is 0.279. The van der Waals surface area contributed by atoms with E-state index in [0.717, 1.165) is 11.8 Å². The molecule has 10 nitrogen and oxygen atoms in total. The average molecular weight is 621 g/mol. The molecule has 0 aromatic rings. The summed E-state index contributed by atoms with van der Waals surface area (Å²) in [6.07, 6.45) is -4.00. The minimum Gasteiger partial charge on any atom is -0.464 e. The van der Waals surface area contributed by atoms with Gasteiger partial charge in [0.05, 0.1) is 28.9 Å². The normalized spacial score (nSPS) is 23.8. The molecule has 0 unspecified atom stereocenters. The van der Waals surface area contributed by atoms with Gasteiger partial charge in [0.1, 0.15) is 6.61 Å². The third-order valence-corrected chi connectivity index (χ3v) is 7.02. The van der Waals surface area contributed by atoms with Crippen molar-refractivity contribution in [1.82, 2.24) is 0 Å². The summed E-state index contributed by atoms with van der Waals surface area (Å²) < 4.78 is 25.9. The number of rotatable bonds is 10. The molecule has 0 saturated carbocycles. The molecule has 1 N–H and O–H groups in total. The number of carbonyl (C=O) groups is 4.